The van der Waals surface area contributed by atoms with E-state index in [1.807, 2.05) is 26.8 Å². The Morgan fingerprint density at radius 2 is 2.00 bits per heavy atom. The summed E-state index contributed by atoms with van der Waals surface area (Å²) in [4.78, 5) is 8.78. The zero-order valence-electron chi connectivity index (χ0n) is 12.6. The SMILES string of the molecule is CCOc1cc(NCc2ccccc2F)nc(C(C)C)n1. The van der Waals surface area contributed by atoms with Crippen LogP contribution in [0.25, 0.3) is 0 Å². The highest BCUT2D eigenvalue weighted by Crippen LogP contribution is 2.19. The van der Waals surface area contributed by atoms with Gasteiger partial charge in [0.1, 0.15) is 17.5 Å². The second-order valence-electron chi connectivity index (χ2n) is 4.98. The monoisotopic (exact) mass is 289 g/mol. The van der Waals surface area contributed by atoms with E-state index in [1.165, 1.54) is 6.07 Å². The molecule has 0 aliphatic rings. The van der Waals surface area contributed by atoms with E-state index in [0.29, 0.717) is 36.2 Å². The van der Waals surface area contributed by atoms with Crippen molar-refractivity contribution in [2.75, 3.05) is 11.9 Å². The second-order valence-corrected chi connectivity index (χ2v) is 4.98. The molecule has 0 aliphatic carbocycles. The molecule has 0 radical (unpaired) electrons. The highest BCUT2D eigenvalue weighted by Gasteiger charge is 2.09. The molecule has 0 spiro atoms. The predicted molar refractivity (Wildman–Crippen MR) is 81.0 cm³/mol. The largest absolute Gasteiger partial charge is 0.478 e. The minimum absolute atomic E-state index is 0.194. The molecule has 21 heavy (non-hydrogen) atoms. The van der Waals surface area contributed by atoms with Crippen LogP contribution in [0.15, 0.2) is 30.3 Å². The van der Waals surface area contributed by atoms with Crippen LogP contribution in [-0.2, 0) is 6.54 Å². The summed E-state index contributed by atoms with van der Waals surface area (Å²) in [5.74, 6) is 1.84. The fourth-order valence-electron chi connectivity index (χ4n) is 1.84. The fraction of sp³-hybridized carbons (Fsp3) is 0.375. The van der Waals surface area contributed by atoms with Crippen molar-refractivity contribution in [3.05, 3.63) is 47.5 Å². The van der Waals surface area contributed by atoms with Gasteiger partial charge < -0.3 is 10.1 Å². The summed E-state index contributed by atoms with van der Waals surface area (Å²) in [5, 5.41) is 3.12. The lowest BCUT2D eigenvalue weighted by Gasteiger charge is -2.12. The standard InChI is InChI=1S/C16H20FN3O/c1-4-21-15-9-14(19-16(20-15)11(2)3)18-10-12-7-5-6-8-13(12)17/h5-9,11H,4,10H2,1-3H3,(H,18,19,20). The molecule has 1 aromatic carbocycles. The molecule has 1 aromatic heterocycles. The predicted octanol–water partition coefficient (Wildman–Crippen LogP) is 3.75. The Morgan fingerprint density at radius 3 is 2.67 bits per heavy atom. The van der Waals surface area contributed by atoms with Gasteiger partial charge in [0.2, 0.25) is 5.88 Å². The summed E-state index contributed by atoms with van der Waals surface area (Å²) in [5.41, 5.74) is 0.597. The van der Waals surface area contributed by atoms with Crippen molar-refractivity contribution in [2.24, 2.45) is 0 Å². The first kappa shape index (κ1) is 15.2. The second kappa shape index (κ2) is 7.02. The van der Waals surface area contributed by atoms with E-state index >= 15 is 0 Å². The summed E-state index contributed by atoms with van der Waals surface area (Å²) >= 11 is 0. The van der Waals surface area contributed by atoms with Gasteiger partial charge in [-0.25, -0.2) is 9.37 Å². The summed E-state index contributed by atoms with van der Waals surface area (Å²) < 4.78 is 19.1. The molecule has 0 bridgehead atoms. The molecule has 5 heteroatoms. The van der Waals surface area contributed by atoms with Crippen molar-refractivity contribution in [3.8, 4) is 5.88 Å². The van der Waals surface area contributed by atoms with Crippen molar-refractivity contribution in [3.63, 3.8) is 0 Å². The maximum Gasteiger partial charge on any atom is 0.218 e. The van der Waals surface area contributed by atoms with Crippen molar-refractivity contribution in [1.82, 2.24) is 9.97 Å². The van der Waals surface area contributed by atoms with Crippen molar-refractivity contribution in [1.29, 1.82) is 0 Å². The lowest BCUT2D eigenvalue weighted by Crippen LogP contribution is -2.08. The molecule has 0 saturated carbocycles. The zero-order valence-corrected chi connectivity index (χ0v) is 12.6. The Bertz CT molecular complexity index is 602. The molecule has 1 heterocycles. The Hall–Kier alpha value is -2.17. The fourth-order valence-corrected chi connectivity index (χ4v) is 1.84. The van der Waals surface area contributed by atoms with Crippen LogP contribution in [0.3, 0.4) is 0 Å². The Morgan fingerprint density at radius 1 is 1.24 bits per heavy atom. The lowest BCUT2D eigenvalue weighted by atomic mass is 10.2. The molecule has 0 atom stereocenters. The number of hydrogen-bond acceptors (Lipinski definition) is 4. The first-order chi connectivity index (χ1) is 10.1. The number of benzene rings is 1. The molecule has 1 N–H and O–H groups in total. The van der Waals surface area contributed by atoms with Gasteiger partial charge in [-0.3, -0.25) is 0 Å². The van der Waals surface area contributed by atoms with Gasteiger partial charge in [-0.2, -0.15) is 4.98 Å². The summed E-state index contributed by atoms with van der Waals surface area (Å²) in [6.07, 6.45) is 0. The van der Waals surface area contributed by atoms with Gasteiger partial charge in [0.15, 0.2) is 0 Å². The summed E-state index contributed by atoms with van der Waals surface area (Å²) in [6, 6.07) is 8.41. The minimum atomic E-state index is -0.229. The summed E-state index contributed by atoms with van der Waals surface area (Å²) in [6.45, 7) is 6.86. The van der Waals surface area contributed by atoms with E-state index in [9.17, 15) is 4.39 Å². The van der Waals surface area contributed by atoms with Crippen LogP contribution in [0.2, 0.25) is 0 Å². The first-order valence-corrected chi connectivity index (χ1v) is 7.09. The van der Waals surface area contributed by atoms with Gasteiger partial charge in [-0.1, -0.05) is 32.0 Å². The average Bonchev–Trinajstić information content (AvgIpc) is 2.46. The van der Waals surface area contributed by atoms with E-state index < -0.39 is 0 Å². The topological polar surface area (TPSA) is 47.0 Å². The number of nitrogens with one attached hydrogen (secondary N) is 1. The molecule has 0 unspecified atom stereocenters. The molecule has 2 aromatic rings. The van der Waals surface area contributed by atoms with Crippen LogP contribution >= 0.6 is 0 Å². The molecule has 2 rings (SSSR count). The normalized spacial score (nSPS) is 10.7. The van der Waals surface area contributed by atoms with Gasteiger partial charge in [-0.15, -0.1) is 0 Å². The van der Waals surface area contributed by atoms with E-state index in [-0.39, 0.29) is 11.7 Å². The average molecular weight is 289 g/mol. The molecule has 0 amide bonds. The highest BCUT2D eigenvalue weighted by molar-refractivity contribution is 5.40. The number of ether oxygens (including phenoxy) is 1. The molecule has 0 fully saturated rings. The minimum Gasteiger partial charge on any atom is -0.478 e. The van der Waals surface area contributed by atoms with Crippen LogP contribution < -0.4 is 10.1 Å². The van der Waals surface area contributed by atoms with Crippen LogP contribution in [-0.4, -0.2) is 16.6 Å². The van der Waals surface area contributed by atoms with E-state index in [2.05, 4.69) is 15.3 Å². The third-order valence-corrected chi connectivity index (χ3v) is 2.95. The van der Waals surface area contributed by atoms with Gasteiger partial charge in [-0.05, 0) is 13.0 Å². The first-order valence-electron chi connectivity index (χ1n) is 7.09. The van der Waals surface area contributed by atoms with E-state index in [4.69, 9.17) is 4.74 Å². The van der Waals surface area contributed by atoms with Gasteiger partial charge >= 0.3 is 0 Å². The van der Waals surface area contributed by atoms with Crippen LogP contribution in [0.5, 0.6) is 5.88 Å². The van der Waals surface area contributed by atoms with E-state index in [1.54, 1.807) is 18.2 Å². The smallest absolute Gasteiger partial charge is 0.218 e. The molecule has 4 nitrogen and oxygen atoms in total. The van der Waals surface area contributed by atoms with Crippen LogP contribution in [0.4, 0.5) is 10.2 Å². The molecule has 0 saturated heterocycles. The van der Waals surface area contributed by atoms with Crippen molar-refractivity contribution < 1.29 is 9.13 Å². The summed E-state index contributed by atoms with van der Waals surface area (Å²) in [7, 11) is 0. The maximum absolute atomic E-state index is 13.6. The maximum atomic E-state index is 13.6. The lowest BCUT2D eigenvalue weighted by molar-refractivity contribution is 0.324. The quantitative estimate of drug-likeness (QED) is 0.879. The van der Waals surface area contributed by atoms with Crippen molar-refractivity contribution in [2.45, 2.75) is 33.2 Å². The molecule has 112 valence electrons. The molecular weight excluding hydrogens is 269 g/mol. The van der Waals surface area contributed by atoms with Gasteiger partial charge in [0.25, 0.3) is 0 Å². The number of nitrogens with zero attached hydrogens (tertiary/aromatic N) is 2. The van der Waals surface area contributed by atoms with Crippen LogP contribution in [0.1, 0.15) is 38.1 Å². The third-order valence-electron chi connectivity index (χ3n) is 2.95. The zero-order chi connectivity index (χ0) is 15.2. The Kier molecular flexibility index (Phi) is 5.09. The van der Waals surface area contributed by atoms with E-state index in [0.717, 1.165) is 0 Å². The highest BCUT2D eigenvalue weighted by atomic mass is 19.1. The molecule has 0 aliphatic heterocycles. The number of aromatic nitrogens is 2. The number of rotatable bonds is 6. The third kappa shape index (κ3) is 4.15. The Labute approximate surface area is 124 Å². The number of hydrogen-bond donors (Lipinski definition) is 1. The van der Waals surface area contributed by atoms with Crippen LogP contribution in [0, 0.1) is 5.82 Å². The Balaban J connectivity index is 2.17. The molecular formula is C16H20FN3O. The van der Waals surface area contributed by atoms with Gasteiger partial charge in [0, 0.05) is 24.1 Å². The van der Waals surface area contributed by atoms with Gasteiger partial charge in [0.05, 0.1) is 6.61 Å². The number of anilines is 1. The van der Waals surface area contributed by atoms with Crippen molar-refractivity contribution >= 4 is 5.82 Å². The number of halogens is 1.